The second kappa shape index (κ2) is 7.29. The molecule has 1 amide bonds. The van der Waals surface area contributed by atoms with Crippen LogP contribution in [0.4, 0.5) is 0 Å². The average molecular weight is 344 g/mol. The largest absolute Gasteiger partial charge is 0.355 e. The number of rotatable bonds is 5. The van der Waals surface area contributed by atoms with Crippen LogP contribution in [0.1, 0.15) is 71.6 Å². The van der Waals surface area contributed by atoms with Gasteiger partial charge in [0.1, 0.15) is 0 Å². The lowest BCUT2D eigenvalue weighted by Crippen LogP contribution is -2.42. The highest BCUT2D eigenvalue weighted by molar-refractivity contribution is 9.09. The molecule has 2 aliphatic carbocycles. The van der Waals surface area contributed by atoms with E-state index in [0.717, 1.165) is 25.8 Å². The van der Waals surface area contributed by atoms with Gasteiger partial charge in [0.15, 0.2) is 0 Å². The number of hydrogen-bond acceptors (Lipinski definition) is 1. The summed E-state index contributed by atoms with van der Waals surface area (Å²) in [7, 11) is 0. The third-order valence-corrected chi connectivity index (χ3v) is 5.94. The van der Waals surface area contributed by atoms with Gasteiger partial charge in [-0.25, -0.2) is 0 Å². The maximum absolute atomic E-state index is 12.7. The Morgan fingerprint density at radius 2 is 1.95 bits per heavy atom. The smallest absolute Gasteiger partial charge is 0.226 e. The first kappa shape index (κ1) is 16.3. The quantitative estimate of drug-likeness (QED) is 0.722. The van der Waals surface area contributed by atoms with Gasteiger partial charge >= 0.3 is 0 Å². The van der Waals surface area contributed by atoms with Crippen LogP contribution in [0.2, 0.25) is 0 Å². The zero-order chi connectivity index (χ0) is 14.6. The SMILES string of the molecule is CC(C)CC1(C(=O)NCC2CCCC(Br)C2)CCCC1. The van der Waals surface area contributed by atoms with Crippen molar-refractivity contribution in [3.8, 4) is 0 Å². The summed E-state index contributed by atoms with van der Waals surface area (Å²) >= 11 is 3.73. The van der Waals surface area contributed by atoms with Gasteiger partial charge in [-0.1, -0.05) is 49.0 Å². The molecule has 0 aliphatic heterocycles. The van der Waals surface area contributed by atoms with Crippen LogP contribution in [-0.4, -0.2) is 17.3 Å². The van der Waals surface area contributed by atoms with Crippen molar-refractivity contribution in [1.82, 2.24) is 5.32 Å². The summed E-state index contributed by atoms with van der Waals surface area (Å²) < 4.78 is 0. The molecular formula is C17H30BrNO. The molecule has 0 spiro atoms. The van der Waals surface area contributed by atoms with Crippen molar-refractivity contribution >= 4 is 21.8 Å². The number of halogens is 1. The van der Waals surface area contributed by atoms with Crippen molar-refractivity contribution in [2.75, 3.05) is 6.54 Å². The summed E-state index contributed by atoms with van der Waals surface area (Å²) in [6.45, 7) is 5.37. The number of amides is 1. The Hall–Kier alpha value is -0.0500. The Balaban J connectivity index is 1.85. The Morgan fingerprint density at radius 1 is 1.25 bits per heavy atom. The zero-order valence-corrected chi connectivity index (χ0v) is 14.7. The molecule has 0 aromatic rings. The van der Waals surface area contributed by atoms with Crippen LogP contribution in [0, 0.1) is 17.3 Å². The molecule has 0 aromatic carbocycles. The molecule has 3 heteroatoms. The Morgan fingerprint density at radius 3 is 2.55 bits per heavy atom. The molecule has 2 nitrogen and oxygen atoms in total. The van der Waals surface area contributed by atoms with E-state index in [1.54, 1.807) is 0 Å². The highest BCUT2D eigenvalue weighted by Gasteiger charge is 2.41. The number of hydrogen-bond donors (Lipinski definition) is 1. The van der Waals surface area contributed by atoms with Gasteiger partial charge in [0.25, 0.3) is 0 Å². The van der Waals surface area contributed by atoms with Gasteiger partial charge in [-0.2, -0.15) is 0 Å². The molecule has 2 saturated carbocycles. The van der Waals surface area contributed by atoms with Crippen molar-refractivity contribution in [2.24, 2.45) is 17.3 Å². The Bertz CT molecular complexity index is 323. The third kappa shape index (κ3) is 4.22. The second-order valence-corrected chi connectivity index (χ2v) is 8.72. The molecule has 2 atom stereocenters. The first-order valence-corrected chi connectivity index (χ1v) is 9.36. The van der Waals surface area contributed by atoms with Gasteiger partial charge in [0.05, 0.1) is 0 Å². The number of carbonyl (C=O) groups is 1. The molecule has 0 aromatic heterocycles. The normalized spacial score (nSPS) is 29.6. The van der Waals surface area contributed by atoms with E-state index < -0.39 is 0 Å². The minimum atomic E-state index is -0.0450. The first-order chi connectivity index (χ1) is 9.52. The predicted octanol–water partition coefficient (Wildman–Crippen LogP) is 4.66. The Kier molecular flexibility index (Phi) is 5.95. The molecule has 0 bridgehead atoms. The molecule has 0 saturated heterocycles. The maximum atomic E-state index is 12.7. The predicted molar refractivity (Wildman–Crippen MR) is 88.0 cm³/mol. The molecular weight excluding hydrogens is 314 g/mol. The van der Waals surface area contributed by atoms with E-state index in [-0.39, 0.29) is 5.41 Å². The van der Waals surface area contributed by atoms with Crippen LogP contribution in [-0.2, 0) is 4.79 Å². The summed E-state index contributed by atoms with van der Waals surface area (Å²) in [5.41, 5.74) is -0.0450. The molecule has 2 rings (SSSR count). The summed E-state index contributed by atoms with van der Waals surface area (Å²) in [6.07, 6.45) is 10.8. The summed E-state index contributed by atoms with van der Waals surface area (Å²) in [5.74, 6) is 1.63. The van der Waals surface area contributed by atoms with Crippen LogP contribution in [0.5, 0.6) is 0 Å². The van der Waals surface area contributed by atoms with Crippen molar-refractivity contribution in [3.63, 3.8) is 0 Å². The van der Waals surface area contributed by atoms with Crippen molar-refractivity contribution < 1.29 is 4.79 Å². The second-order valence-electron chi connectivity index (χ2n) is 7.43. The van der Waals surface area contributed by atoms with Gasteiger partial charge < -0.3 is 5.32 Å². The fraction of sp³-hybridized carbons (Fsp3) is 0.941. The number of nitrogens with one attached hydrogen (secondary N) is 1. The van der Waals surface area contributed by atoms with Gasteiger partial charge in [0.2, 0.25) is 5.91 Å². The maximum Gasteiger partial charge on any atom is 0.226 e. The highest BCUT2D eigenvalue weighted by atomic mass is 79.9. The van der Waals surface area contributed by atoms with Crippen molar-refractivity contribution in [1.29, 1.82) is 0 Å². The van der Waals surface area contributed by atoms with E-state index in [2.05, 4.69) is 35.1 Å². The zero-order valence-electron chi connectivity index (χ0n) is 13.1. The molecule has 1 N–H and O–H groups in total. The lowest BCUT2D eigenvalue weighted by molar-refractivity contribution is -0.132. The third-order valence-electron chi connectivity index (χ3n) is 5.11. The standard InChI is InChI=1S/C17H30BrNO/c1-13(2)11-17(8-3-4-9-17)16(20)19-12-14-6-5-7-15(18)10-14/h13-15H,3-12H2,1-2H3,(H,19,20). The van der Waals surface area contributed by atoms with E-state index in [9.17, 15) is 4.79 Å². The lowest BCUT2D eigenvalue weighted by Gasteiger charge is -2.31. The average Bonchev–Trinajstić information content (AvgIpc) is 2.85. The van der Waals surface area contributed by atoms with Crippen LogP contribution < -0.4 is 5.32 Å². The number of carbonyl (C=O) groups excluding carboxylic acids is 1. The fourth-order valence-electron chi connectivity index (χ4n) is 4.19. The van der Waals surface area contributed by atoms with Crippen LogP contribution in [0.15, 0.2) is 0 Å². The van der Waals surface area contributed by atoms with E-state index >= 15 is 0 Å². The van der Waals surface area contributed by atoms with E-state index in [0.29, 0.717) is 22.6 Å². The van der Waals surface area contributed by atoms with Gasteiger partial charge in [0, 0.05) is 16.8 Å². The molecule has 20 heavy (non-hydrogen) atoms. The van der Waals surface area contributed by atoms with Crippen LogP contribution in [0.3, 0.4) is 0 Å². The lowest BCUT2D eigenvalue weighted by atomic mass is 9.77. The summed E-state index contributed by atoms with van der Waals surface area (Å²) in [5, 5.41) is 3.30. The van der Waals surface area contributed by atoms with Crippen LogP contribution >= 0.6 is 15.9 Å². The molecule has 0 radical (unpaired) electrons. The minimum absolute atomic E-state index is 0.0450. The topological polar surface area (TPSA) is 29.1 Å². The minimum Gasteiger partial charge on any atom is -0.355 e. The summed E-state index contributed by atoms with van der Waals surface area (Å²) in [4.78, 5) is 13.4. The molecule has 2 unspecified atom stereocenters. The summed E-state index contributed by atoms with van der Waals surface area (Å²) in [6, 6.07) is 0. The van der Waals surface area contributed by atoms with Gasteiger partial charge in [-0.05, 0) is 50.4 Å². The van der Waals surface area contributed by atoms with E-state index in [1.165, 1.54) is 38.5 Å². The first-order valence-electron chi connectivity index (χ1n) is 8.44. The molecule has 2 fully saturated rings. The van der Waals surface area contributed by atoms with Crippen molar-refractivity contribution in [2.45, 2.75) is 76.5 Å². The highest BCUT2D eigenvalue weighted by Crippen LogP contribution is 2.43. The van der Waals surface area contributed by atoms with E-state index in [4.69, 9.17) is 0 Å². The fourth-order valence-corrected chi connectivity index (χ4v) is 5.04. The van der Waals surface area contributed by atoms with Gasteiger partial charge in [-0.15, -0.1) is 0 Å². The molecule has 116 valence electrons. The van der Waals surface area contributed by atoms with E-state index in [1.807, 2.05) is 0 Å². The van der Waals surface area contributed by atoms with Gasteiger partial charge in [-0.3, -0.25) is 4.79 Å². The molecule has 0 heterocycles. The Labute approximate surface area is 132 Å². The number of alkyl halides is 1. The van der Waals surface area contributed by atoms with Crippen LogP contribution in [0.25, 0.3) is 0 Å². The monoisotopic (exact) mass is 343 g/mol. The van der Waals surface area contributed by atoms with Crippen molar-refractivity contribution in [3.05, 3.63) is 0 Å². The molecule has 2 aliphatic rings.